The van der Waals surface area contributed by atoms with E-state index in [9.17, 15) is 0 Å². The van der Waals surface area contributed by atoms with Crippen molar-refractivity contribution in [1.82, 2.24) is 9.97 Å². The van der Waals surface area contributed by atoms with Crippen molar-refractivity contribution in [3.63, 3.8) is 0 Å². The molecule has 0 aromatic carbocycles. The van der Waals surface area contributed by atoms with Crippen molar-refractivity contribution in [2.45, 2.75) is 26.7 Å². The Labute approximate surface area is 91.1 Å². The third-order valence-corrected chi connectivity index (χ3v) is 2.57. The largest absolute Gasteiger partial charge is 0.494 e. The summed E-state index contributed by atoms with van der Waals surface area (Å²) < 4.78 is 4.98. The zero-order valence-electron chi connectivity index (χ0n) is 9.66. The Bertz CT molecular complexity index is 270. The predicted octanol–water partition coefficient (Wildman–Crippen LogP) is 2.33. The Morgan fingerprint density at radius 2 is 1.87 bits per heavy atom. The van der Waals surface area contributed by atoms with Crippen molar-refractivity contribution in [2.75, 3.05) is 19.0 Å². The summed E-state index contributed by atoms with van der Waals surface area (Å²) >= 11 is 0. The molecule has 0 saturated carbocycles. The molecule has 0 aliphatic heterocycles. The Morgan fingerprint density at radius 3 is 2.33 bits per heavy atom. The molecule has 0 bridgehead atoms. The highest BCUT2D eigenvalue weighted by atomic mass is 16.5. The average Bonchev–Trinajstić information content (AvgIpc) is 2.31. The highest BCUT2D eigenvalue weighted by Gasteiger charge is 2.03. The fourth-order valence-corrected chi connectivity index (χ4v) is 1.33. The maximum atomic E-state index is 4.98. The Kier molecular flexibility index (Phi) is 4.87. The Hall–Kier alpha value is -1.32. The molecule has 15 heavy (non-hydrogen) atoms. The number of nitrogens with zero attached hydrogens (tertiary/aromatic N) is 2. The second kappa shape index (κ2) is 6.22. The summed E-state index contributed by atoms with van der Waals surface area (Å²) in [6.45, 7) is 5.33. The molecule has 0 aliphatic rings. The van der Waals surface area contributed by atoms with E-state index >= 15 is 0 Å². The number of anilines is 1. The molecule has 1 N–H and O–H groups in total. The summed E-state index contributed by atoms with van der Waals surface area (Å²) in [5.74, 6) is 2.04. The van der Waals surface area contributed by atoms with E-state index in [2.05, 4.69) is 29.1 Å². The van der Waals surface area contributed by atoms with Crippen molar-refractivity contribution in [2.24, 2.45) is 5.92 Å². The summed E-state index contributed by atoms with van der Waals surface area (Å²) in [7, 11) is 1.61. The van der Waals surface area contributed by atoms with Gasteiger partial charge in [0.1, 0.15) is 0 Å². The summed E-state index contributed by atoms with van der Waals surface area (Å²) in [4.78, 5) is 8.29. The highest BCUT2D eigenvalue weighted by molar-refractivity contribution is 5.26. The van der Waals surface area contributed by atoms with Crippen LogP contribution in [-0.2, 0) is 0 Å². The van der Waals surface area contributed by atoms with E-state index in [1.807, 2.05) is 0 Å². The van der Waals surface area contributed by atoms with Gasteiger partial charge in [0, 0.05) is 6.54 Å². The number of nitrogens with one attached hydrogen (secondary N) is 1. The zero-order chi connectivity index (χ0) is 11.1. The third kappa shape index (κ3) is 3.73. The van der Waals surface area contributed by atoms with Gasteiger partial charge in [-0.2, -0.15) is 0 Å². The molecule has 0 amide bonds. The van der Waals surface area contributed by atoms with Crippen molar-refractivity contribution < 1.29 is 4.74 Å². The molecule has 0 unspecified atom stereocenters. The standard InChI is InChI=1S/C11H19N3O/c1-4-9(5-2)6-12-11-13-7-10(15-3)8-14-11/h7-9H,4-6H2,1-3H3,(H,12,13,14). The van der Waals surface area contributed by atoms with Gasteiger partial charge in [-0.1, -0.05) is 26.7 Å². The average molecular weight is 209 g/mol. The lowest BCUT2D eigenvalue weighted by Crippen LogP contribution is -2.14. The van der Waals surface area contributed by atoms with E-state index in [0.29, 0.717) is 17.6 Å². The van der Waals surface area contributed by atoms with Crippen LogP contribution in [0.4, 0.5) is 5.95 Å². The van der Waals surface area contributed by atoms with Gasteiger partial charge in [0.05, 0.1) is 19.5 Å². The van der Waals surface area contributed by atoms with Crippen LogP contribution in [0.5, 0.6) is 5.75 Å². The first-order valence-corrected chi connectivity index (χ1v) is 5.40. The van der Waals surface area contributed by atoms with Crippen LogP contribution < -0.4 is 10.1 Å². The van der Waals surface area contributed by atoms with Crippen molar-refractivity contribution in [3.8, 4) is 5.75 Å². The molecule has 0 saturated heterocycles. The van der Waals surface area contributed by atoms with Gasteiger partial charge in [-0.25, -0.2) is 9.97 Å². The van der Waals surface area contributed by atoms with Gasteiger partial charge in [-0.05, 0) is 5.92 Å². The van der Waals surface area contributed by atoms with Gasteiger partial charge < -0.3 is 10.1 Å². The molecule has 0 atom stereocenters. The molecule has 4 heteroatoms. The predicted molar refractivity (Wildman–Crippen MR) is 61.1 cm³/mol. The minimum absolute atomic E-state index is 0.669. The van der Waals surface area contributed by atoms with Gasteiger partial charge in [0.25, 0.3) is 0 Å². The molecule has 0 aliphatic carbocycles. The van der Waals surface area contributed by atoms with Crippen LogP contribution >= 0.6 is 0 Å². The fraction of sp³-hybridized carbons (Fsp3) is 0.636. The number of aromatic nitrogens is 2. The summed E-state index contributed by atoms with van der Waals surface area (Å²) in [5.41, 5.74) is 0. The van der Waals surface area contributed by atoms with Crippen LogP contribution in [0.25, 0.3) is 0 Å². The smallest absolute Gasteiger partial charge is 0.222 e. The number of rotatable bonds is 6. The summed E-state index contributed by atoms with van der Waals surface area (Å²) in [6.07, 6.45) is 5.70. The van der Waals surface area contributed by atoms with Crippen LogP contribution in [0.2, 0.25) is 0 Å². The number of methoxy groups -OCH3 is 1. The molecule has 0 radical (unpaired) electrons. The van der Waals surface area contributed by atoms with Gasteiger partial charge >= 0.3 is 0 Å². The normalized spacial score (nSPS) is 10.4. The lowest BCUT2D eigenvalue weighted by molar-refractivity contribution is 0.411. The van der Waals surface area contributed by atoms with E-state index in [1.165, 1.54) is 12.8 Å². The van der Waals surface area contributed by atoms with Crippen molar-refractivity contribution in [1.29, 1.82) is 0 Å². The van der Waals surface area contributed by atoms with Gasteiger partial charge in [0.2, 0.25) is 5.95 Å². The second-order valence-electron chi connectivity index (χ2n) is 3.51. The minimum atomic E-state index is 0.669. The first-order valence-electron chi connectivity index (χ1n) is 5.40. The molecule has 0 fully saturated rings. The monoisotopic (exact) mass is 209 g/mol. The quantitative estimate of drug-likeness (QED) is 0.781. The van der Waals surface area contributed by atoms with E-state index in [1.54, 1.807) is 19.5 Å². The van der Waals surface area contributed by atoms with Crippen LogP contribution in [0.15, 0.2) is 12.4 Å². The summed E-state index contributed by atoms with van der Waals surface area (Å²) in [5, 5.41) is 3.22. The maximum absolute atomic E-state index is 4.98. The lowest BCUT2D eigenvalue weighted by atomic mass is 10.0. The maximum Gasteiger partial charge on any atom is 0.222 e. The van der Waals surface area contributed by atoms with Crippen molar-refractivity contribution in [3.05, 3.63) is 12.4 Å². The molecule has 1 rings (SSSR count). The first-order chi connectivity index (χ1) is 7.30. The summed E-state index contributed by atoms with van der Waals surface area (Å²) in [6, 6.07) is 0. The van der Waals surface area contributed by atoms with E-state index in [-0.39, 0.29) is 0 Å². The molecule has 1 heterocycles. The molecule has 1 aromatic heterocycles. The number of ether oxygens (including phenoxy) is 1. The zero-order valence-corrected chi connectivity index (χ0v) is 9.66. The van der Waals surface area contributed by atoms with Crippen molar-refractivity contribution >= 4 is 5.95 Å². The highest BCUT2D eigenvalue weighted by Crippen LogP contribution is 2.10. The van der Waals surface area contributed by atoms with E-state index < -0.39 is 0 Å². The molecular formula is C11H19N3O. The molecule has 0 spiro atoms. The third-order valence-electron chi connectivity index (χ3n) is 2.57. The number of hydrogen-bond acceptors (Lipinski definition) is 4. The molecule has 1 aromatic rings. The Balaban J connectivity index is 2.43. The van der Waals surface area contributed by atoms with E-state index in [0.717, 1.165) is 6.54 Å². The topological polar surface area (TPSA) is 47.0 Å². The lowest BCUT2D eigenvalue weighted by Gasteiger charge is -2.12. The number of hydrogen-bond donors (Lipinski definition) is 1. The molecule has 84 valence electrons. The van der Waals surface area contributed by atoms with Crippen LogP contribution in [0.1, 0.15) is 26.7 Å². The minimum Gasteiger partial charge on any atom is -0.494 e. The van der Waals surface area contributed by atoms with Gasteiger partial charge in [-0.15, -0.1) is 0 Å². The molecule has 4 nitrogen and oxygen atoms in total. The van der Waals surface area contributed by atoms with Crippen LogP contribution in [-0.4, -0.2) is 23.6 Å². The van der Waals surface area contributed by atoms with Gasteiger partial charge in [-0.3, -0.25) is 0 Å². The fourth-order valence-electron chi connectivity index (χ4n) is 1.33. The first kappa shape index (κ1) is 11.8. The Morgan fingerprint density at radius 1 is 1.27 bits per heavy atom. The van der Waals surface area contributed by atoms with Crippen LogP contribution in [0.3, 0.4) is 0 Å². The van der Waals surface area contributed by atoms with E-state index in [4.69, 9.17) is 4.74 Å². The SMILES string of the molecule is CCC(CC)CNc1ncc(OC)cn1. The second-order valence-corrected chi connectivity index (χ2v) is 3.51. The van der Waals surface area contributed by atoms with Gasteiger partial charge in [0.15, 0.2) is 5.75 Å². The van der Waals surface area contributed by atoms with Crippen LogP contribution in [0, 0.1) is 5.92 Å². The molecular weight excluding hydrogens is 190 g/mol.